The molecule has 0 spiro atoms. The number of carbonyl (C=O) groups is 1. The zero-order chi connectivity index (χ0) is 15.5. The first-order chi connectivity index (χ1) is 9.88. The number of sulfonamides is 1. The van der Waals surface area contributed by atoms with Crippen LogP contribution >= 0.6 is 0 Å². The summed E-state index contributed by atoms with van der Waals surface area (Å²) in [5, 5.41) is 0. The summed E-state index contributed by atoms with van der Waals surface area (Å²) >= 11 is 0. The molecule has 0 amide bonds. The van der Waals surface area contributed by atoms with E-state index in [-0.39, 0.29) is 17.2 Å². The lowest BCUT2D eigenvalue weighted by atomic mass is 10.2. The molecule has 110 valence electrons. The van der Waals surface area contributed by atoms with Crippen molar-refractivity contribution in [2.45, 2.75) is 18.4 Å². The molecule has 21 heavy (non-hydrogen) atoms. The van der Waals surface area contributed by atoms with Gasteiger partial charge in [-0.05, 0) is 36.8 Å². The van der Waals surface area contributed by atoms with Crippen LogP contribution in [-0.4, -0.2) is 14.2 Å². The fourth-order valence-corrected chi connectivity index (χ4v) is 2.91. The molecule has 0 saturated heterocycles. The molecule has 0 bridgehead atoms. The van der Waals surface area contributed by atoms with Crippen molar-refractivity contribution in [3.05, 3.63) is 59.7 Å². The van der Waals surface area contributed by atoms with E-state index in [1.807, 2.05) is 0 Å². The fourth-order valence-electron chi connectivity index (χ4n) is 1.85. The Bertz CT molecular complexity index is 770. The molecule has 0 saturated carbocycles. The van der Waals surface area contributed by atoms with Gasteiger partial charge in [0.15, 0.2) is 5.78 Å². The van der Waals surface area contributed by atoms with Crippen molar-refractivity contribution >= 4 is 21.5 Å². The molecule has 0 aliphatic carbocycles. The van der Waals surface area contributed by atoms with E-state index >= 15 is 0 Å². The predicted molar refractivity (Wildman–Crippen MR) is 81.3 cm³/mol. The van der Waals surface area contributed by atoms with Gasteiger partial charge in [-0.2, -0.15) is 0 Å². The van der Waals surface area contributed by atoms with E-state index in [2.05, 4.69) is 4.72 Å². The largest absolute Gasteiger partial charge is 0.399 e. The molecule has 2 aromatic rings. The van der Waals surface area contributed by atoms with Gasteiger partial charge in [0.2, 0.25) is 10.0 Å². The SMILES string of the molecule is CC(=O)c1cccc(S(=O)(=O)NCc2cccc(N)c2)c1. The highest BCUT2D eigenvalue weighted by molar-refractivity contribution is 7.89. The molecule has 6 heteroatoms. The summed E-state index contributed by atoms with van der Waals surface area (Å²) in [6.07, 6.45) is 0. The second-order valence-electron chi connectivity index (χ2n) is 4.65. The number of nitrogen functional groups attached to an aromatic ring is 1. The van der Waals surface area contributed by atoms with E-state index < -0.39 is 10.0 Å². The number of hydrogen-bond acceptors (Lipinski definition) is 4. The molecule has 2 aromatic carbocycles. The summed E-state index contributed by atoms with van der Waals surface area (Å²) in [6.45, 7) is 1.53. The van der Waals surface area contributed by atoms with Crippen molar-refractivity contribution in [1.29, 1.82) is 0 Å². The van der Waals surface area contributed by atoms with Crippen LogP contribution in [0, 0.1) is 0 Å². The third-order valence-corrected chi connectivity index (χ3v) is 4.37. The minimum absolute atomic E-state index is 0.0686. The number of rotatable bonds is 5. The predicted octanol–water partition coefficient (Wildman–Crippen LogP) is 1.95. The smallest absolute Gasteiger partial charge is 0.240 e. The zero-order valence-electron chi connectivity index (χ0n) is 11.5. The Hall–Kier alpha value is -2.18. The lowest BCUT2D eigenvalue weighted by Gasteiger charge is -2.08. The normalized spacial score (nSPS) is 11.3. The summed E-state index contributed by atoms with van der Waals surface area (Å²) in [5.74, 6) is -0.178. The van der Waals surface area contributed by atoms with Crippen LogP contribution < -0.4 is 10.5 Å². The van der Waals surface area contributed by atoms with Crippen LogP contribution in [0.1, 0.15) is 22.8 Å². The van der Waals surface area contributed by atoms with Gasteiger partial charge in [0, 0.05) is 17.8 Å². The molecule has 0 aromatic heterocycles. The van der Waals surface area contributed by atoms with Gasteiger partial charge >= 0.3 is 0 Å². The lowest BCUT2D eigenvalue weighted by Crippen LogP contribution is -2.23. The highest BCUT2D eigenvalue weighted by Gasteiger charge is 2.15. The number of Topliss-reactive ketones (excluding diaryl/α,β-unsaturated/α-hetero) is 1. The number of nitrogens with two attached hydrogens (primary N) is 1. The third kappa shape index (κ3) is 3.90. The first kappa shape index (κ1) is 15.2. The van der Waals surface area contributed by atoms with Crippen LogP contribution in [0.4, 0.5) is 5.69 Å². The standard InChI is InChI=1S/C15H16N2O3S/c1-11(18)13-5-3-7-15(9-13)21(19,20)17-10-12-4-2-6-14(16)8-12/h2-9,17H,10,16H2,1H3. The molecule has 2 rings (SSSR count). The topological polar surface area (TPSA) is 89.3 Å². The van der Waals surface area contributed by atoms with Gasteiger partial charge in [0.05, 0.1) is 4.90 Å². The quantitative estimate of drug-likeness (QED) is 0.652. The Labute approximate surface area is 123 Å². The summed E-state index contributed by atoms with van der Waals surface area (Å²) in [7, 11) is -3.67. The van der Waals surface area contributed by atoms with Crippen molar-refractivity contribution in [2.75, 3.05) is 5.73 Å². The van der Waals surface area contributed by atoms with Crippen LogP contribution in [0.15, 0.2) is 53.4 Å². The van der Waals surface area contributed by atoms with Gasteiger partial charge < -0.3 is 5.73 Å². The number of anilines is 1. The fraction of sp³-hybridized carbons (Fsp3) is 0.133. The first-order valence-electron chi connectivity index (χ1n) is 6.33. The summed E-state index contributed by atoms with van der Waals surface area (Å²) < 4.78 is 26.9. The second-order valence-corrected chi connectivity index (χ2v) is 6.42. The van der Waals surface area contributed by atoms with Gasteiger partial charge in [0.25, 0.3) is 0 Å². The van der Waals surface area contributed by atoms with Crippen LogP contribution in [0.5, 0.6) is 0 Å². The number of benzene rings is 2. The molecular weight excluding hydrogens is 288 g/mol. The molecule has 0 unspecified atom stereocenters. The van der Waals surface area contributed by atoms with Crippen molar-refractivity contribution in [3.8, 4) is 0 Å². The van der Waals surface area contributed by atoms with Crippen molar-refractivity contribution < 1.29 is 13.2 Å². The highest BCUT2D eigenvalue weighted by Crippen LogP contribution is 2.13. The van der Waals surface area contributed by atoms with Gasteiger partial charge in [0.1, 0.15) is 0 Å². The molecular formula is C15H16N2O3S. The molecule has 0 atom stereocenters. The minimum atomic E-state index is -3.67. The first-order valence-corrected chi connectivity index (χ1v) is 7.82. The summed E-state index contributed by atoms with van der Waals surface area (Å²) in [6, 6.07) is 12.9. The molecule has 0 heterocycles. The monoisotopic (exact) mass is 304 g/mol. The van der Waals surface area contributed by atoms with Crippen molar-refractivity contribution in [1.82, 2.24) is 4.72 Å². The number of nitrogens with one attached hydrogen (secondary N) is 1. The highest BCUT2D eigenvalue weighted by atomic mass is 32.2. The summed E-state index contributed by atoms with van der Waals surface area (Å²) in [4.78, 5) is 11.4. The Morgan fingerprint density at radius 3 is 2.52 bits per heavy atom. The lowest BCUT2D eigenvalue weighted by molar-refractivity contribution is 0.101. The van der Waals surface area contributed by atoms with E-state index in [0.717, 1.165) is 5.56 Å². The van der Waals surface area contributed by atoms with E-state index in [4.69, 9.17) is 5.73 Å². The van der Waals surface area contributed by atoms with E-state index in [9.17, 15) is 13.2 Å². The zero-order valence-corrected chi connectivity index (χ0v) is 12.4. The maximum Gasteiger partial charge on any atom is 0.240 e. The van der Waals surface area contributed by atoms with Crippen LogP contribution in [0.2, 0.25) is 0 Å². The number of carbonyl (C=O) groups excluding carboxylic acids is 1. The Balaban J connectivity index is 2.19. The average molecular weight is 304 g/mol. The van der Waals surface area contributed by atoms with Crippen LogP contribution in [-0.2, 0) is 16.6 Å². The Morgan fingerprint density at radius 2 is 1.86 bits per heavy atom. The van der Waals surface area contributed by atoms with E-state index in [0.29, 0.717) is 11.3 Å². The maximum absolute atomic E-state index is 12.2. The Morgan fingerprint density at radius 1 is 1.14 bits per heavy atom. The molecule has 0 fully saturated rings. The van der Waals surface area contributed by atoms with Crippen LogP contribution in [0.3, 0.4) is 0 Å². The average Bonchev–Trinajstić information content (AvgIpc) is 2.45. The number of hydrogen-bond donors (Lipinski definition) is 2. The van der Waals surface area contributed by atoms with Gasteiger partial charge in [-0.15, -0.1) is 0 Å². The number of ketones is 1. The van der Waals surface area contributed by atoms with Gasteiger partial charge in [-0.3, -0.25) is 4.79 Å². The molecule has 0 radical (unpaired) electrons. The van der Waals surface area contributed by atoms with Gasteiger partial charge in [-0.25, -0.2) is 13.1 Å². The van der Waals surface area contributed by atoms with Crippen LogP contribution in [0.25, 0.3) is 0 Å². The molecule has 5 nitrogen and oxygen atoms in total. The molecule has 0 aliphatic heterocycles. The summed E-state index contributed by atoms with van der Waals surface area (Å²) in [5.41, 5.74) is 7.35. The maximum atomic E-state index is 12.2. The minimum Gasteiger partial charge on any atom is -0.399 e. The van der Waals surface area contributed by atoms with Gasteiger partial charge in [-0.1, -0.05) is 24.3 Å². The van der Waals surface area contributed by atoms with E-state index in [1.165, 1.54) is 19.1 Å². The van der Waals surface area contributed by atoms with Crippen molar-refractivity contribution in [2.24, 2.45) is 0 Å². The molecule has 3 N–H and O–H groups in total. The van der Waals surface area contributed by atoms with Crippen molar-refractivity contribution in [3.63, 3.8) is 0 Å². The third-order valence-electron chi connectivity index (χ3n) is 2.97. The molecule has 0 aliphatic rings. The van der Waals surface area contributed by atoms with E-state index in [1.54, 1.807) is 36.4 Å². The Kier molecular flexibility index (Phi) is 4.40. The second kappa shape index (κ2) is 6.07.